The monoisotopic (exact) mass is 277 g/mol. The number of rotatable bonds is 0. The van der Waals surface area contributed by atoms with Crippen LogP contribution < -0.4 is 0 Å². The predicted molar refractivity (Wildman–Crippen MR) is 74.2 cm³/mol. The first-order chi connectivity index (χ1) is 9.65. The van der Waals surface area contributed by atoms with Crippen molar-refractivity contribution in [1.82, 2.24) is 4.90 Å². The van der Waals surface area contributed by atoms with Gasteiger partial charge in [0.2, 0.25) is 0 Å². The van der Waals surface area contributed by atoms with Crippen LogP contribution in [-0.2, 0) is 14.3 Å². The topological polar surface area (TPSA) is 38.8 Å². The molecule has 0 spiro atoms. The molecule has 110 valence electrons. The molecule has 0 aromatic carbocycles. The third-order valence-electron chi connectivity index (χ3n) is 5.39. The lowest BCUT2D eigenvalue weighted by molar-refractivity contribution is -0.134. The van der Waals surface area contributed by atoms with Crippen LogP contribution in [0.4, 0.5) is 0 Å². The molecule has 2 fully saturated rings. The summed E-state index contributed by atoms with van der Waals surface area (Å²) in [4.78, 5) is 15.0. The number of ether oxygens (including phenoxy) is 2. The molecule has 0 N–H and O–H groups in total. The molecule has 0 aliphatic carbocycles. The molecule has 2 saturated heterocycles. The van der Waals surface area contributed by atoms with Gasteiger partial charge in [-0.05, 0) is 39.7 Å². The van der Waals surface area contributed by atoms with E-state index < -0.39 is 0 Å². The maximum atomic E-state index is 12.4. The zero-order chi connectivity index (χ0) is 13.9. The van der Waals surface area contributed by atoms with Gasteiger partial charge in [0.15, 0.2) is 5.78 Å². The molecule has 4 nitrogen and oxygen atoms in total. The number of nitrogens with zero attached hydrogens (tertiary/aromatic N) is 1. The molecular weight excluding hydrogens is 254 g/mol. The van der Waals surface area contributed by atoms with Gasteiger partial charge in [-0.2, -0.15) is 0 Å². The zero-order valence-corrected chi connectivity index (χ0v) is 12.3. The fourth-order valence-electron chi connectivity index (χ4n) is 4.60. The van der Waals surface area contributed by atoms with Crippen molar-refractivity contribution >= 4 is 5.78 Å². The SMILES string of the molecule is C[C@@H]1CC(=O)C2=C(O1)[C@H]1[C@H](CCN3CCC[C@@H]13)O[C@@H]2C. The van der Waals surface area contributed by atoms with Crippen LogP contribution in [0.15, 0.2) is 11.3 Å². The highest BCUT2D eigenvalue weighted by atomic mass is 16.5. The highest BCUT2D eigenvalue weighted by Gasteiger charge is 2.50. The van der Waals surface area contributed by atoms with Gasteiger partial charge in [-0.3, -0.25) is 9.69 Å². The van der Waals surface area contributed by atoms with Crippen molar-refractivity contribution in [2.45, 2.75) is 63.9 Å². The van der Waals surface area contributed by atoms with E-state index in [1.54, 1.807) is 0 Å². The first kappa shape index (κ1) is 12.8. The summed E-state index contributed by atoms with van der Waals surface area (Å²) in [5.74, 6) is 1.50. The molecule has 0 amide bonds. The van der Waals surface area contributed by atoms with Gasteiger partial charge in [0.25, 0.3) is 0 Å². The molecular formula is C16H23NO3. The highest BCUT2D eigenvalue weighted by molar-refractivity contribution is 5.98. The number of fused-ring (bicyclic) bond motifs is 4. The van der Waals surface area contributed by atoms with E-state index in [0.717, 1.165) is 24.3 Å². The molecule has 4 aliphatic heterocycles. The molecule has 0 radical (unpaired) electrons. The maximum absolute atomic E-state index is 12.4. The molecule has 4 aliphatic rings. The van der Waals surface area contributed by atoms with Gasteiger partial charge in [-0.1, -0.05) is 0 Å². The Bertz CT molecular complexity index is 472. The Morgan fingerprint density at radius 3 is 2.90 bits per heavy atom. The van der Waals surface area contributed by atoms with Crippen LogP contribution in [0.2, 0.25) is 0 Å². The molecule has 4 rings (SSSR count). The van der Waals surface area contributed by atoms with Gasteiger partial charge in [0.05, 0.1) is 23.7 Å². The molecule has 4 heteroatoms. The van der Waals surface area contributed by atoms with Crippen molar-refractivity contribution < 1.29 is 14.3 Å². The van der Waals surface area contributed by atoms with E-state index in [2.05, 4.69) is 4.90 Å². The Kier molecular flexibility index (Phi) is 2.93. The van der Waals surface area contributed by atoms with Crippen LogP contribution in [0.25, 0.3) is 0 Å². The van der Waals surface area contributed by atoms with Gasteiger partial charge in [-0.15, -0.1) is 0 Å². The van der Waals surface area contributed by atoms with E-state index in [4.69, 9.17) is 9.47 Å². The molecule has 0 bridgehead atoms. The Balaban J connectivity index is 1.77. The minimum absolute atomic E-state index is 0.0176. The first-order valence-corrected chi connectivity index (χ1v) is 7.98. The standard InChI is InChI=1S/C16H23NO3/c1-9-8-12(18)14-10(2)20-13-5-7-17-6-3-4-11(17)15(13)16(14)19-9/h9-11,13,15H,3-8H2,1-2H3/t9-,10-,11+,13+,15-/m1/s1. The number of Topliss-reactive ketones (excluding diaryl/α,β-unsaturated/α-hetero) is 1. The van der Waals surface area contributed by atoms with Crippen LogP contribution >= 0.6 is 0 Å². The molecule has 5 atom stereocenters. The van der Waals surface area contributed by atoms with Gasteiger partial charge in [-0.25, -0.2) is 0 Å². The number of hydrogen-bond donors (Lipinski definition) is 0. The van der Waals surface area contributed by atoms with E-state index >= 15 is 0 Å². The average molecular weight is 277 g/mol. The smallest absolute Gasteiger partial charge is 0.168 e. The van der Waals surface area contributed by atoms with Crippen LogP contribution in [0.1, 0.15) is 39.5 Å². The van der Waals surface area contributed by atoms with Crippen molar-refractivity contribution in [3.63, 3.8) is 0 Å². The molecule has 0 aromatic heterocycles. The lowest BCUT2D eigenvalue weighted by atomic mass is 9.78. The molecule has 20 heavy (non-hydrogen) atoms. The Morgan fingerprint density at radius 1 is 1.20 bits per heavy atom. The number of carbonyl (C=O) groups is 1. The molecule has 0 aromatic rings. The maximum Gasteiger partial charge on any atom is 0.168 e. The van der Waals surface area contributed by atoms with Gasteiger partial charge >= 0.3 is 0 Å². The number of carbonyl (C=O) groups excluding carboxylic acids is 1. The van der Waals surface area contributed by atoms with Crippen LogP contribution in [0.3, 0.4) is 0 Å². The fraction of sp³-hybridized carbons (Fsp3) is 0.812. The number of hydrogen-bond acceptors (Lipinski definition) is 4. The summed E-state index contributed by atoms with van der Waals surface area (Å²) in [6, 6.07) is 0.518. The molecule has 0 unspecified atom stereocenters. The van der Waals surface area contributed by atoms with Crippen LogP contribution in [0.5, 0.6) is 0 Å². The Morgan fingerprint density at radius 2 is 2.05 bits per heavy atom. The highest BCUT2D eigenvalue weighted by Crippen LogP contribution is 2.45. The van der Waals surface area contributed by atoms with Crippen LogP contribution in [-0.4, -0.2) is 48.1 Å². The van der Waals surface area contributed by atoms with Gasteiger partial charge < -0.3 is 9.47 Å². The summed E-state index contributed by atoms with van der Waals surface area (Å²) in [5.41, 5.74) is 0.832. The quantitative estimate of drug-likeness (QED) is 0.678. The van der Waals surface area contributed by atoms with Crippen molar-refractivity contribution in [3.8, 4) is 0 Å². The predicted octanol–water partition coefficient (Wildman–Crippen LogP) is 1.89. The second-order valence-corrected chi connectivity index (χ2v) is 6.71. The first-order valence-electron chi connectivity index (χ1n) is 7.98. The van der Waals surface area contributed by atoms with Gasteiger partial charge in [0.1, 0.15) is 11.9 Å². The minimum atomic E-state index is -0.0980. The Hall–Kier alpha value is -0.870. The third-order valence-corrected chi connectivity index (χ3v) is 5.39. The Labute approximate surface area is 120 Å². The normalized spacial score (nSPS) is 44.7. The summed E-state index contributed by atoms with van der Waals surface area (Å²) < 4.78 is 12.3. The largest absolute Gasteiger partial charge is 0.494 e. The van der Waals surface area contributed by atoms with E-state index in [0.29, 0.717) is 12.5 Å². The van der Waals surface area contributed by atoms with E-state index in [1.807, 2.05) is 13.8 Å². The summed E-state index contributed by atoms with van der Waals surface area (Å²) >= 11 is 0. The molecule has 0 saturated carbocycles. The zero-order valence-electron chi connectivity index (χ0n) is 12.3. The minimum Gasteiger partial charge on any atom is -0.494 e. The average Bonchev–Trinajstić information content (AvgIpc) is 2.85. The van der Waals surface area contributed by atoms with Crippen molar-refractivity contribution in [2.24, 2.45) is 5.92 Å². The second-order valence-electron chi connectivity index (χ2n) is 6.71. The van der Waals surface area contributed by atoms with E-state index in [1.165, 1.54) is 19.4 Å². The van der Waals surface area contributed by atoms with E-state index in [-0.39, 0.29) is 30.0 Å². The molecule has 4 heterocycles. The number of ketones is 1. The third kappa shape index (κ3) is 1.77. The summed E-state index contributed by atoms with van der Waals surface area (Å²) in [6.45, 7) is 6.33. The fourth-order valence-corrected chi connectivity index (χ4v) is 4.60. The lowest BCUT2D eigenvalue weighted by Crippen LogP contribution is -2.54. The number of piperidine rings is 1. The summed E-state index contributed by atoms with van der Waals surface area (Å²) in [5, 5.41) is 0. The van der Waals surface area contributed by atoms with Gasteiger partial charge in [0, 0.05) is 19.0 Å². The van der Waals surface area contributed by atoms with E-state index in [9.17, 15) is 4.79 Å². The van der Waals surface area contributed by atoms with Crippen molar-refractivity contribution in [1.29, 1.82) is 0 Å². The lowest BCUT2D eigenvalue weighted by Gasteiger charge is -2.48. The van der Waals surface area contributed by atoms with Crippen molar-refractivity contribution in [2.75, 3.05) is 13.1 Å². The van der Waals surface area contributed by atoms with Crippen LogP contribution in [0, 0.1) is 5.92 Å². The second kappa shape index (κ2) is 4.57. The summed E-state index contributed by atoms with van der Waals surface area (Å²) in [7, 11) is 0. The van der Waals surface area contributed by atoms with Crippen molar-refractivity contribution in [3.05, 3.63) is 11.3 Å². The summed E-state index contributed by atoms with van der Waals surface area (Å²) in [6.07, 6.45) is 4.19.